The molecule has 0 aliphatic carbocycles. The minimum atomic E-state index is -0.863. The van der Waals surface area contributed by atoms with Crippen LogP contribution in [0.1, 0.15) is 18.7 Å². The molecule has 7 nitrogen and oxygen atoms in total. The van der Waals surface area contributed by atoms with Crippen molar-refractivity contribution in [2.75, 3.05) is 26.0 Å². The van der Waals surface area contributed by atoms with E-state index in [1.54, 1.807) is 11.8 Å². The van der Waals surface area contributed by atoms with Crippen molar-refractivity contribution >= 4 is 34.7 Å². The molecule has 27 heavy (non-hydrogen) atoms. The van der Waals surface area contributed by atoms with Gasteiger partial charge in [-0.3, -0.25) is 9.59 Å². The van der Waals surface area contributed by atoms with Crippen molar-refractivity contribution in [2.24, 2.45) is 11.8 Å². The maximum atomic E-state index is 12.5. The highest BCUT2D eigenvalue weighted by atomic mass is 32.2. The Morgan fingerprint density at radius 3 is 2.81 bits per heavy atom. The normalized spacial score (nSPS) is 16.3. The number of thioether (sulfide) groups is 1. The second kappa shape index (κ2) is 9.23. The van der Waals surface area contributed by atoms with E-state index in [-0.39, 0.29) is 24.9 Å². The molecule has 1 aromatic carbocycles. The van der Waals surface area contributed by atoms with Crippen LogP contribution in [0.5, 0.6) is 0 Å². The summed E-state index contributed by atoms with van der Waals surface area (Å²) in [7, 11) is 0. The van der Waals surface area contributed by atoms with Crippen LogP contribution in [0.25, 0.3) is 11.0 Å². The van der Waals surface area contributed by atoms with Gasteiger partial charge in [0.25, 0.3) is 0 Å². The van der Waals surface area contributed by atoms with Gasteiger partial charge in [-0.25, -0.2) is 4.98 Å². The van der Waals surface area contributed by atoms with Crippen molar-refractivity contribution in [1.82, 2.24) is 14.9 Å². The third-order valence-electron chi connectivity index (χ3n) is 4.98. The summed E-state index contributed by atoms with van der Waals surface area (Å²) < 4.78 is 7.22. The van der Waals surface area contributed by atoms with E-state index in [9.17, 15) is 14.7 Å². The third kappa shape index (κ3) is 4.81. The summed E-state index contributed by atoms with van der Waals surface area (Å²) in [6.45, 7) is 1.45. The number of aliphatic carboxylic acids is 1. The molecule has 2 aromatic rings. The third-order valence-corrected chi connectivity index (χ3v) is 5.53. The summed E-state index contributed by atoms with van der Waals surface area (Å²) in [4.78, 5) is 28.8. The number of imidazole rings is 1. The number of hydrogen-bond acceptors (Lipinski definition) is 5. The first-order valence-corrected chi connectivity index (χ1v) is 10.5. The van der Waals surface area contributed by atoms with Crippen LogP contribution in [-0.2, 0) is 26.6 Å². The van der Waals surface area contributed by atoms with E-state index in [0.717, 1.165) is 29.7 Å². The molecule has 0 radical (unpaired) electrons. The highest BCUT2D eigenvalue weighted by Gasteiger charge is 2.30. The SMILES string of the molecule is CSCc1nc2ccccc2n1CC(=O)NCC(C(=O)O)C1CCOCC1. The van der Waals surface area contributed by atoms with E-state index in [1.165, 1.54) is 0 Å². The molecule has 2 N–H and O–H groups in total. The first kappa shape index (κ1) is 19.7. The van der Waals surface area contributed by atoms with Crippen LogP contribution in [0.2, 0.25) is 0 Å². The van der Waals surface area contributed by atoms with Gasteiger partial charge in [0, 0.05) is 19.8 Å². The lowest BCUT2D eigenvalue weighted by molar-refractivity contribution is -0.145. The molecular weight excluding hydrogens is 366 g/mol. The van der Waals surface area contributed by atoms with Crippen molar-refractivity contribution in [3.63, 3.8) is 0 Å². The summed E-state index contributed by atoms with van der Waals surface area (Å²) in [6.07, 6.45) is 3.43. The zero-order chi connectivity index (χ0) is 19.2. The van der Waals surface area contributed by atoms with E-state index in [2.05, 4.69) is 10.3 Å². The van der Waals surface area contributed by atoms with E-state index < -0.39 is 11.9 Å². The molecule has 1 aromatic heterocycles. The van der Waals surface area contributed by atoms with Gasteiger partial charge in [0.15, 0.2) is 0 Å². The van der Waals surface area contributed by atoms with Crippen LogP contribution >= 0.6 is 11.8 Å². The summed E-state index contributed by atoms with van der Waals surface area (Å²) in [5.41, 5.74) is 1.77. The van der Waals surface area contributed by atoms with Crippen LogP contribution in [0.4, 0.5) is 0 Å². The van der Waals surface area contributed by atoms with E-state index >= 15 is 0 Å². The van der Waals surface area contributed by atoms with E-state index in [1.807, 2.05) is 35.1 Å². The average Bonchev–Trinajstić information content (AvgIpc) is 3.00. The van der Waals surface area contributed by atoms with Crippen LogP contribution < -0.4 is 5.32 Å². The van der Waals surface area contributed by atoms with Crippen LogP contribution in [0.3, 0.4) is 0 Å². The molecule has 0 saturated carbocycles. The fraction of sp³-hybridized carbons (Fsp3) is 0.526. The standard InChI is InChI=1S/C19H25N3O4S/c1-27-12-17-21-15-4-2-3-5-16(15)22(17)11-18(23)20-10-14(19(24)25)13-6-8-26-9-7-13/h2-5,13-14H,6-12H2,1H3,(H,20,23)(H,24,25). The first-order valence-electron chi connectivity index (χ1n) is 9.10. The molecule has 146 valence electrons. The van der Waals surface area contributed by atoms with Crippen molar-refractivity contribution in [3.05, 3.63) is 30.1 Å². The molecule has 0 spiro atoms. The molecule has 2 heterocycles. The van der Waals surface area contributed by atoms with Crippen molar-refractivity contribution in [3.8, 4) is 0 Å². The number of carbonyl (C=O) groups excluding carboxylic acids is 1. The lowest BCUT2D eigenvalue weighted by Crippen LogP contribution is -2.40. The van der Waals surface area contributed by atoms with Gasteiger partial charge in [-0.15, -0.1) is 0 Å². The van der Waals surface area contributed by atoms with Crippen LogP contribution in [0, 0.1) is 11.8 Å². The molecule has 1 aliphatic heterocycles. The maximum Gasteiger partial charge on any atom is 0.308 e. The Labute approximate surface area is 162 Å². The van der Waals surface area contributed by atoms with E-state index in [0.29, 0.717) is 19.0 Å². The summed E-state index contributed by atoms with van der Waals surface area (Å²) >= 11 is 1.65. The molecule has 1 atom stereocenters. The Balaban J connectivity index is 1.67. The smallest absolute Gasteiger partial charge is 0.308 e. The molecule has 3 rings (SSSR count). The molecule has 1 aliphatic rings. The number of carboxylic acids is 1. The lowest BCUT2D eigenvalue weighted by atomic mass is 9.86. The molecule has 1 saturated heterocycles. The number of carbonyl (C=O) groups is 2. The largest absolute Gasteiger partial charge is 0.481 e. The Morgan fingerprint density at radius 1 is 1.37 bits per heavy atom. The number of nitrogens with zero attached hydrogens (tertiary/aromatic N) is 2. The number of hydrogen-bond donors (Lipinski definition) is 2. The Morgan fingerprint density at radius 2 is 2.11 bits per heavy atom. The van der Waals surface area contributed by atoms with Gasteiger partial charge >= 0.3 is 5.97 Å². The number of amides is 1. The quantitative estimate of drug-likeness (QED) is 0.716. The number of carboxylic acid groups (broad SMARTS) is 1. The number of nitrogens with one attached hydrogen (secondary N) is 1. The van der Waals surface area contributed by atoms with Crippen LogP contribution in [0.15, 0.2) is 24.3 Å². The second-order valence-electron chi connectivity index (χ2n) is 6.73. The lowest BCUT2D eigenvalue weighted by Gasteiger charge is -2.27. The number of ether oxygens (including phenoxy) is 1. The van der Waals surface area contributed by atoms with Gasteiger partial charge in [0.2, 0.25) is 5.91 Å². The Kier molecular flexibility index (Phi) is 6.73. The predicted octanol–water partition coefficient (Wildman–Crippen LogP) is 2.14. The second-order valence-corrected chi connectivity index (χ2v) is 7.60. The number of fused-ring (bicyclic) bond motifs is 1. The van der Waals surface area contributed by atoms with E-state index in [4.69, 9.17) is 4.74 Å². The number of aromatic nitrogens is 2. The van der Waals surface area contributed by atoms with Gasteiger partial charge in [-0.2, -0.15) is 11.8 Å². The number of para-hydroxylation sites is 2. The predicted molar refractivity (Wildman–Crippen MR) is 105 cm³/mol. The summed E-state index contributed by atoms with van der Waals surface area (Å²) in [6, 6.07) is 7.72. The van der Waals surface area contributed by atoms with Gasteiger partial charge in [-0.1, -0.05) is 12.1 Å². The highest BCUT2D eigenvalue weighted by Crippen LogP contribution is 2.24. The highest BCUT2D eigenvalue weighted by molar-refractivity contribution is 7.97. The van der Waals surface area contributed by atoms with Gasteiger partial charge < -0.3 is 19.7 Å². The zero-order valence-electron chi connectivity index (χ0n) is 15.4. The minimum Gasteiger partial charge on any atom is -0.481 e. The monoisotopic (exact) mass is 391 g/mol. The Bertz CT molecular complexity index is 801. The van der Waals surface area contributed by atoms with Crippen LogP contribution in [-0.4, -0.2) is 52.5 Å². The fourth-order valence-corrected chi connectivity index (χ4v) is 4.02. The summed E-state index contributed by atoms with van der Waals surface area (Å²) in [5, 5.41) is 12.4. The molecular formula is C19H25N3O4S. The maximum absolute atomic E-state index is 12.5. The number of benzene rings is 1. The topological polar surface area (TPSA) is 93.5 Å². The first-order chi connectivity index (χ1) is 13.1. The molecule has 1 fully saturated rings. The summed E-state index contributed by atoms with van der Waals surface area (Å²) in [5.74, 6) is -0.0436. The van der Waals surface area contributed by atoms with Gasteiger partial charge in [-0.05, 0) is 37.1 Å². The van der Waals surface area contributed by atoms with Gasteiger partial charge in [0.05, 0.1) is 22.7 Å². The average molecular weight is 391 g/mol. The van der Waals surface area contributed by atoms with Crippen molar-refractivity contribution < 1.29 is 19.4 Å². The zero-order valence-corrected chi connectivity index (χ0v) is 16.2. The molecule has 0 bridgehead atoms. The molecule has 8 heteroatoms. The van der Waals surface area contributed by atoms with Crippen molar-refractivity contribution in [1.29, 1.82) is 0 Å². The fourth-order valence-electron chi connectivity index (χ4n) is 3.54. The van der Waals surface area contributed by atoms with Gasteiger partial charge in [0.1, 0.15) is 12.4 Å². The van der Waals surface area contributed by atoms with Crippen molar-refractivity contribution in [2.45, 2.75) is 25.1 Å². The minimum absolute atomic E-state index is 0.0395. The Hall–Kier alpha value is -2.06. The number of rotatable bonds is 8. The molecule has 1 amide bonds. The molecule has 1 unspecified atom stereocenters.